The summed E-state index contributed by atoms with van der Waals surface area (Å²) in [5, 5.41) is 3.99. The molecule has 0 saturated carbocycles. The fourth-order valence-electron chi connectivity index (χ4n) is 2.82. The third kappa shape index (κ3) is 6.54. The first-order valence-corrected chi connectivity index (χ1v) is 9.74. The van der Waals surface area contributed by atoms with E-state index in [0.717, 1.165) is 13.1 Å². The number of rotatable bonds is 10. The monoisotopic (exact) mass is 470 g/mol. The number of hydrogen-bond donors (Lipinski definition) is 1. The number of methoxy groups -OCH3 is 2. The molecule has 1 N–H and O–H groups in total. The van der Waals surface area contributed by atoms with Crippen LogP contribution in [-0.2, 0) is 4.74 Å². The van der Waals surface area contributed by atoms with Crippen molar-refractivity contribution in [2.45, 2.75) is 0 Å². The zero-order valence-electron chi connectivity index (χ0n) is 17.5. The number of likely N-dealkylation sites (N-methyl/N-ethyl adjacent to an activating group) is 1. The van der Waals surface area contributed by atoms with Crippen molar-refractivity contribution < 1.29 is 18.6 Å². The molecule has 7 nitrogen and oxygen atoms in total. The normalized spacial score (nSPS) is 10.8. The van der Waals surface area contributed by atoms with Crippen LogP contribution < -0.4 is 14.8 Å². The molecule has 0 saturated heterocycles. The van der Waals surface area contributed by atoms with Crippen LogP contribution in [0.1, 0.15) is 0 Å². The van der Waals surface area contributed by atoms with Gasteiger partial charge in [0.15, 0.2) is 11.5 Å². The average Bonchev–Trinajstić information content (AvgIpc) is 2.73. The van der Waals surface area contributed by atoms with E-state index < -0.39 is 5.82 Å². The molecule has 0 bridgehead atoms. The van der Waals surface area contributed by atoms with Crippen LogP contribution in [0.5, 0.6) is 11.5 Å². The molecule has 1 aromatic heterocycles. The zero-order chi connectivity index (χ0) is 21.5. The lowest BCUT2D eigenvalue weighted by atomic mass is 10.2. The van der Waals surface area contributed by atoms with Gasteiger partial charge in [-0.05, 0) is 31.3 Å². The van der Waals surface area contributed by atoms with E-state index in [0.29, 0.717) is 46.5 Å². The van der Waals surface area contributed by atoms with Gasteiger partial charge >= 0.3 is 0 Å². The van der Waals surface area contributed by atoms with E-state index >= 15 is 0 Å². The molecule has 168 valence electrons. The molecule has 0 unspecified atom stereocenters. The zero-order valence-corrected chi connectivity index (χ0v) is 19.1. The van der Waals surface area contributed by atoms with Gasteiger partial charge in [-0.15, -0.1) is 12.4 Å². The number of hydrogen-bond acceptors (Lipinski definition) is 7. The van der Waals surface area contributed by atoms with Crippen LogP contribution in [0.3, 0.4) is 0 Å². The first kappa shape index (κ1) is 24.9. The molecule has 2 aromatic carbocycles. The Morgan fingerprint density at radius 2 is 1.84 bits per heavy atom. The molecular formula is C21H25Cl2FN4O3. The molecule has 0 amide bonds. The minimum atomic E-state index is -0.473. The van der Waals surface area contributed by atoms with Crippen molar-refractivity contribution in [3.05, 3.63) is 47.5 Å². The predicted molar refractivity (Wildman–Crippen MR) is 123 cm³/mol. The average molecular weight is 471 g/mol. The summed E-state index contributed by atoms with van der Waals surface area (Å²) >= 11 is 5.82. The SMILES string of the molecule is COCCN(C)CCOc1cc2ncnc(Nc3ccc(Cl)cc3F)c2cc1OC.Cl. The third-order valence-corrected chi connectivity index (χ3v) is 4.75. The van der Waals surface area contributed by atoms with Crippen LogP contribution in [0.15, 0.2) is 36.7 Å². The summed E-state index contributed by atoms with van der Waals surface area (Å²) in [6.45, 7) is 2.69. The van der Waals surface area contributed by atoms with Crippen molar-refractivity contribution in [2.24, 2.45) is 0 Å². The summed E-state index contributed by atoms with van der Waals surface area (Å²) < 4.78 is 30.7. The maximum Gasteiger partial charge on any atom is 0.163 e. The van der Waals surface area contributed by atoms with Crippen LogP contribution >= 0.6 is 24.0 Å². The van der Waals surface area contributed by atoms with Gasteiger partial charge in [-0.1, -0.05) is 11.6 Å². The van der Waals surface area contributed by atoms with Crippen LogP contribution in [0, 0.1) is 5.82 Å². The summed E-state index contributed by atoms with van der Waals surface area (Å²) in [5.74, 6) is 1.09. The second kappa shape index (κ2) is 11.9. The maximum atomic E-state index is 14.2. The van der Waals surface area contributed by atoms with Crippen molar-refractivity contribution in [1.82, 2.24) is 14.9 Å². The fraction of sp³-hybridized carbons (Fsp3) is 0.333. The van der Waals surface area contributed by atoms with Crippen molar-refractivity contribution in [3.63, 3.8) is 0 Å². The molecule has 0 aliphatic carbocycles. The number of anilines is 2. The Morgan fingerprint density at radius 3 is 2.55 bits per heavy atom. The predicted octanol–water partition coefficient (Wildman–Crippen LogP) is 4.55. The van der Waals surface area contributed by atoms with Gasteiger partial charge in [-0.2, -0.15) is 0 Å². The van der Waals surface area contributed by atoms with Crippen LogP contribution in [0.25, 0.3) is 10.9 Å². The van der Waals surface area contributed by atoms with Gasteiger partial charge in [0.2, 0.25) is 0 Å². The highest BCUT2D eigenvalue weighted by Gasteiger charge is 2.13. The minimum Gasteiger partial charge on any atom is -0.493 e. The highest BCUT2D eigenvalue weighted by molar-refractivity contribution is 6.30. The van der Waals surface area contributed by atoms with Crippen LogP contribution in [0.4, 0.5) is 15.9 Å². The van der Waals surface area contributed by atoms with Crippen LogP contribution in [0.2, 0.25) is 5.02 Å². The Balaban J connectivity index is 0.00000341. The maximum absolute atomic E-state index is 14.2. The highest BCUT2D eigenvalue weighted by atomic mass is 35.5. The Hall–Kier alpha value is -2.39. The van der Waals surface area contributed by atoms with Gasteiger partial charge in [-0.3, -0.25) is 0 Å². The number of nitrogens with one attached hydrogen (secondary N) is 1. The lowest BCUT2D eigenvalue weighted by Crippen LogP contribution is -2.27. The number of nitrogens with zero attached hydrogens (tertiary/aromatic N) is 3. The molecule has 0 radical (unpaired) electrons. The van der Waals surface area contributed by atoms with Crippen molar-refractivity contribution >= 4 is 46.4 Å². The van der Waals surface area contributed by atoms with Crippen molar-refractivity contribution in [1.29, 1.82) is 0 Å². The molecule has 31 heavy (non-hydrogen) atoms. The van der Waals surface area contributed by atoms with Crippen LogP contribution in [-0.4, -0.2) is 62.4 Å². The lowest BCUT2D eigenvalue weighted by Gasteiger charge is -2.18. The minimum absolute atomic E-state index is 0. The van der Waals surface area contributed by atoms with Gasteiger partial charge in [-0.25, -0.2) is 14.4 Å². The number of aromatic nitrogens is 2. The summed E-state index contributed by atoms with van der Waals surface area (Å²) in [6, 6.07) is 7.96. The standard InChI is InChI=1S/C21H24ClFN4O3.ClH/c1-27(6-8-28-2)7-9-30-20-12-18-15(11-19(20)29-3)21(25-13-24-18)26-17-5-4-14(22)10-16(17)23;/h4-5,10-13H,6-9H2,1-3H3,(H,24,25,26);1H. The van der Waals surface area contributed by atoms with E-state index in [4.69, 9.17) is 25.8 Å². The van der Waals surface area contributed by atoms with E-state index in [-0.39, 0.29) is 18.1 Å². The second-order valence-electron chi connectivity index (χ2n) is 6.64. The lowest BCUT2D eigenvalue weighted by molar-refractivity contribution is 0.149. The van der Waals surface area contributed by atoms with E-state index in [1.807, 2.05) is 7.05 Å². The quantitative estimate of drug-likeness (QED) is 0.465. The Kier molecular flexibility index (Phi) is 9.51. The third-order valence-electron chi connectivity index (χ3n) is 4.51. The number of benzene rings is 2. The molecule has 1 heterocycles. The molecule has 0 fully saturated rings. The molecule has 10 heteroatoms. The summed E-state index contributed by atoms with van der Waals surface area (Å²) in [5.41, 5.74) is 0.906. The Labute approximate surface area is 191 Å². The van der Waals surface area contributed by atoms with E-state index in [1.165, 1.54) is 12.4 Å². The van der Waals surface area contributed by atoms with Crippen molar-refractivity contribution in [3.8, 4) is 11.5 Å². The Morgan fingerprint density at radius 1 is 1.06 bits per heavy atom. The topological polar surface area (TPSA) is 68.7 Å². The largest absolute Gasteiger partial charge is 0.493 e. The number of ether oxygens (including phenoxy) is 3. The van der Waals surface area contributed by atoms with Gasteiger partial charge in [0, 0.05) is 36.7 Å². The van der Waals surface area contributed by atoms with Gasteiger partial charge in [0.1, 0.15) is 24.6 Å². The molecular weight excluding hydrogens is 446 g/mol. The van der Waals surface area contributed by atoms with Gasteiger partial charge in [0.05, 0.1) is 24.9 Å². The molecule has 0 atom stereocenters. The molecule has 0 aliphatic heterocycles. The molecule has 3 aromatic rings. The van der Waals surface area contributed by atoms with E-state index in [1.54, 1.807) is 38.5 Å². The summed E-state index contributed by atoms with van der Waals surface area (Å²) in [6.07, 6.45) is 1.41. The highest BCUT2D eigenvalue weighted by Crippen LogP contribution is 2.35. The fourth-order valence-corrected chi connectivity index (χ4v) is 2.98. The molecule has 0 spiro atoms. The smallest absolute Gasteiger partial charge is 0.163 e. The first-order valence-electron chi connectivity index (χ1n) is 9.37. The van der Waals surface area contributed by atoms with Gasteiger partial charge < -0.3 is 24.4 Å². The number of halogens is 3. The Bertz CT molecular complexity index is 1010. The van der Waals surface area contributed by atoms with E-state index in [9.17, 15) is 4.39 Å². The molecule has 0 aliphatic rings. The summed E-state index contributed by atoms with van der Waals surface area (Å²) in [4.78, 5) is 10.7. The summed E-state index contributed by atoms with van der Waals surface area (Å²) in [7, 11) is 5.24. The van der Waals surface area contributed by atoms with Gasteiger partial charge in [0.25, 0.3) is 0 Å². The van der Waals surface area contributed by atoms with Crippen molar-refractivity contribution in [2.75, 3.05) is 52.9 Å². The van der Waals surface area contributed by atoms with E-state index in [2.05, 4.69) is 20.2 Å². The first-order chi connectivity index (χ1) is 14.5. The number of fused-ring (bicyclic) bond motifs is 1. The second-order valence-corrected chi connectivity index (χ2v) is 7.07. The molecule has 3 rings (SSSR count).